The van der Waals surface area contributed by atoms with Crippen LogP contribution in [0.25, 0.3) is 21.2 Å². The van der Waals surface area contributed by atoms with E-state index in [4.69, 9.17) is 18.9 Å². The summed E-state index contributed by atoms with van der Waals surface area (Å²) in [6.45, 7) is 7.44. The molecule has 0 aliphatic heterocycles. The quantitative estimate of drug-likeness (QED) is 0.110. The maximum atomic E-state index is 12.0. The van der Waals surface area contributed by atoms with Crippen LogP contribution in [0, 0.1) is 18.8 Å². The predicted octanol–water partition coefficient (Wildman–Crippen LogP) is 6.94. The van der Waals surface area contributed by atoms with Crippen molar-refractivity contribution < 1.29 is 23.7 Å². The van der Waals surface area contributed by atoms with Crippen molar-refractivity contribution in [3.05, 3.63) is 76.8 Å². The third-order valence-electron chi connectivity index (χ3n) is 6.30. The predicted molar refractivity (Wildman–Crippen MR) is 155 cm³/mol. The van der Waals surface area contributed by atoms with Gasteiger partial charge in [0.05, 0.1) is 25.6 Å². The topological polar surface area (TPSA) is 66.9 Å². The highest BCUT2D eigenvalue weighted by atomic mass is 32.1. The highest BCUT2D eigenvalue weighted by Crippen LogP contribution is 2.38. The van der Waals surface area contributed by atoms with E-state index in [1.165, 1.54) is 15.6 Å². The van der Waals surface area contributed by atoms with E-state index >= 15 is 0 Å². The van der Waals surface area contributed by atoms with Gasteiger partial charge < -0.3 is 18.9 Å². The number of thiophene rings is 1. The molecule has 0 saturated heterocycles. The van der Waals surface area contributed by atoms with Crippen LogP contribution in [0.3, 0.4) is 0 Å². The molecular formula is C32H33NO5S. The summed E-state index contributed by atoms with van der Waals surface area (Å²) < 4.78 is 23.3. The highest BCUT2D eigenvalue weighted by molar-refractivity contribution is 7.17. The van der Waals surface area contributed by atoms with Gasteiger partial charge in [-0.05, 0) is 66.6 Å². The monoisotopic (exact) mass is 543 g/mol. The molecule has 0 fully saturated rings. The number of hydrogen-bond donors (Lipinski definition) is 0. The summed E-state index contributed by atoms with van der Waals surface area (Å²) in [5, 5.41) is 3.38. The average molecular weight is 544 g/mol. The summed E-state index contributed by atoms with van der Waals surface area (Å²) in [6.07, 6.45) is 1.91. The molecule has 0 bridgehead atoms. The van der Waals surface area contributed by atoms with Crippen molar-refractivity contribution in [3.63, 3.8) is 0 Å². The highest BCUT2D eigenvalue weighted by Gasteiger charge is 2.16. The van der Waals surface area contributed by atoms with E-state index in [9.17, 15) is 4.79 Å². The standard InChI is InChI=1S/C32H33NO5S/c1-5-8-24(18-32(34)36-6-2)25-12-14-31(33-19-25)38-20-23-11-13-30-27(17-23)28(21-39-30)26-9-7-10-29(22(26)3)37-16-15-35-4/h7,9-14,17,19,21,24H,6,15-16,18,20H2,1-4H3/t24-/m0/s1. The van der Waals surface area contributed by atoms with E-state index in [0.717, 1.165) is 28.0 Å². The minimum Gasteiger partial charge on any atom is -0.491 e. The van der Waals surface area contributed by atoms with E-state index in [0.29, 0.717) is 32.3 Å². The van der Waals surface area contributed by atoms with E-state index in [-0.39, 0.29) is 18.3 Å². The molecule has 2 aromatic heterocycles. The van der Waals surface area contributed by atoms with Gasteiger partial charge >= 0.3 is 5.97 Å². The van der Waals surface area contributed by atoms with Gasteiger partial charge in [-0.3, -0.25) is 4.79 Å². The van der Waals surface area contributed by atoms with Crippen molar-refractivity contribution in [1.29, 1.82) is 0 Å². The fourth-order valence-corrected chi connectivity index (χ4v) is 5.27. The second-order valence-corrected chi connectivity index (χ2v) is 9.84. The van der Waals surface area contributed by atoms with E-state index in [1.807, 2.05) is 24.3 Å². The molecule has 4 aromatic rings. The molecule has 0 N–H and O–H groups in total. The molecule has 0 aliphatic carbocycles. The SMILES string of the molecule is CC#C[C@@H](CC(=O)OCC)c1ccc(OCc2ccc3scc(-c4cccc(OCCOC)c4C)c3c2)nc1. The minimum absolute atomic E-state index is 0.196. The lowest BCUT2D eigenvalue weighted by molar-refractivity contribution is -0.143. The molecule has 0 aliphatic rings. The first kappa shape index (κ1) is 28.2. The van der Waals surface area contributed by atoms with Gasteiger partial charge in [0.2, 0.25) is 5.88 Å². The lowest BCUT2D eigenvalue weighted by Crippen LogP contribution is -2.10. The van der Waals surface area contributed by atoms with Crippen LogP contribution in [-0.4, -0.2) is 37.9 Å². The average Bonchev–Trinajstić information content (AvgIpc) is 3.36. The second-order valence-electron chi connectivity index (χ2n) is 8.92. The fourth-order valence-electron chi connectivity index (χ4n) is 4.33. The van der Waals surface area contributed by atoms with E-state index in [2.05, 4.69) is 53.4 Å². The largest absolute Gasteiger partial charge is 0.491 e. The van der Waals surface area contributed by atoms with E-state index < -0.39 is 0 Å². The Bertz CT molecular complexity index is 1470. The molecule has 2 heterocycles. The van der Waals surface area contributed by atoms with Gasteiger partial charge in [0.1, 0.15) is 19.0 Å². The summed E-state index contributed by atoms with van der Waals surface area (Å²) in [7, 11) is 1.67. The Morgan fingerprint density at radius 2 is 1.95 bits per heavy atom. The second kappa shape index (κ2) is 13.8. The Morgan fingerprint density at radius 3 is 2.69 bits per heavy atom. The maximum absolute atomic E-state index is 12.0. The number of rotatable bonds is 12. The molecule has 2 aromatic carbocycles. The van der Waals surface area contributed by atoms with Crippen LogP contribution in [0.2, 0.25) is 0 Å². The molecule has 0 radical (unpaired) electrons. The molecule has 0 saturated carbocycles. The Balaban J connectivity index is 1.48. The lowest BCUT2D eigenvalue weighted by atomic mass is 9.98. The first-order chi connectivity index (χ1) is 19.0. The minimum atomic E-state index is -0.269. The van der Waals surface area contributed by atoms with Crippen molar-refractivity contribution in [2.45, 2.75) is 39.7 Å². The lowest BCUT2D eigenvalue weighted by Gasteiger charge is -2.13. The van der Waals surface area contributed by atoms with Crippen LogP contribution < -0.4 is 9.47 Å². The summed E-state index contributed by atoms with van der Waals surface area (Å²) >= 11 is 1.73. The molecular weight excluding hydrogens is 510 g/mol. The smallest absolute Gasteiger partial charge is 0.307 e. The van der Waals surface area contributed by atoms with Crippen molar-refractivity contribution in [3.8, 4) is 34.6 Å². The maximum Gasteiger partial charge on any atom is 0.307 e. The Kier molecular flexibility index (Phi) is 9.96. The number of nitrogens with zero attached hydrogens (tertiary/aromatic N) is 1. The van der Waals surface area contributed by atoms with Crippen LogP contribution in [0.4, 0.5) is 0 Å². The van der Waals surface area contributed by atoms with Crippen molar-refractivity contribution in [2.75, 3.05) is 26.9 Å². The third kappa shape index (κ3) is 7.17. The Morgan fingerprint density at radius 1 is 1.08 bits per heavy atom. The van der Waals surface area contributed by atoms with Crippen LogP contribution in [0.5, 0.6) is 11.6 Å². The molecule has 4 rings (SSSR count). The van der Waals surface area contributed by atoms with Crippen molar-refractivity contribution >= 4 is 27.4 Å². The number of esters is 1. The summed E-state index contributed by atoms with van der Waals surface area (Å²) in [5.74, 6) is 6.82. The summed E-state index contributed by atoms with van der Waals surface area (Å²) in [4.78, 5) is 16.4. The Hall–Kier alpha value is -3.86. The number of carbonyl (C=O) groups is 1. The fraction of sp³-hybridized carbons (Fsp3) is 0.312. The number of aromatic nitrogens is 1. The van der Waals surface area contributed by atoms with Crippen LogP contribution >= 0.6 is 11.3 Å². The van der Waals surface area contributed by atoms with Crippen LogP contribution in [-0.2, 0) is 20.9 Å². The first-order valence-electron chi connectivity index (χ1n) is 12.9. The molecule has 1 atom stereocenters. The van der Waals surface area contributed by atoms with Gasteiger partial charge in [-0.1, -0.05) is 30.2 Å². The van der Waals surface area contributed by atoms with Gasteiger partial charge in [0.15, 0.2) is 0 Å². The molecule has 39 heavy (non-hydrogen) atoms. The molecule has 7 heteroatoms. The number of benzene rings is 2. The molecule has 202 valence electrons. The number of ether oxygens (including phenoxy) is 4. The number of methoxy groups -OCH3 is 1. The number of pyridine rings is 1. The number of carbonyl (C=O) groups excluding carboxylic acids is 1. The van der Waals surface area contributed by atoms with Crippen molar-refractivity contribution in [1.82, 2.24) is 4.98 Å². The number of hydrogen-bond acceptors (Lipinski definition) is 7. The van der Waals surface area contributed by atoms with Crippen LogP contribution in [0.1, 0.15) is 42.9 Å². The third-order valence-corrected chi connectivity index (χ3v) is 7.26. The van der Waals surface area contributed by atoms with Gasteiger partial charge in [-0.25, -0.2) is 4.98 Å². The molecule has 0 spiro atoms. The summed E-state index contributed by atoms with van der Waals surface area (Å²) in [6, 6.07) is 16.3. The first-order valence-corrected chi connectivity index (χ1v) is 13.8. The zero-order valence-electron chi connectivity index (χ0n) is 22.8. The normalized spacial score (nSPS) is 11.5. The zero-order chi connectivity index (χ0) is 27.6. The molecule has 0 amide bonds. The molecule has 6 nitrogen and oxygen atoms in total. The van der Waals surface area contributed by atoms with Crippen molar-refractivity contribution in [2.24, 2.45) is 0 Å². The molecule has 0 unspecified atom stereocenters. The van der Waals surface area contributed by atoms with Crippen LogP contribution in [0.15, 0.2) is 60.1 Å². The van der Waals surface area contributed by atoms with Gasteiger partial charge in [-0.15, -0.1) is 17.3 Å². The van der Waals surface area contributed by atoms with Gasteiger partial charge in [0, 0.05) is 35.0 Å². The van der Waals surface area contributed by atoms with E-state index in [1.54, 1.807) is 38.5 Å². The zero-order valence-corrected chi connectivity index (χ0v) is 23.6. The Labute approximate surface area is 233 Å². The number of fused-ring (bicyclic) bond motifs is 1. The van der Waals surface area contributed by atoms with Gasteiger partial charge in [-0.2, -0.15) is 0 Å². The summed E-state index contributed by atoms with van der Waals surface area (Å²) in [5.41, 5.74) is 5.35. The van der Waals surface area contributed by atoms with Gasteiger partial charge in [0.25, 0.3) is 0 Å².